The number of carbonyl (C=O) groups excluding carboxylic acids is 1. The zero-order valence-corrected chi connectivity index (χ0v) is 25.4. The van der Waals surface area contributed by atoms with Gasteiger partial charge in [0.1, 0.15) is 16.3 Å². The van der Waals surface area contributed by atoms with E-state index in [-0.39, 0.29) is 58.1 Å². The van der Waals surface area contributed by atoms with Gasteiger partial charge in [-0.25, -0.2) is 23.4 Å². The highest BCUT2D eigenvalue weighted by molar-refractivity contribution is 7.91. The first-order valence-electron chi connectivity index (χ1n) is 14.4. The van der Waals surface area contributed by atoms with Crippen molar-refractivity contribution in [2.24, 2.45) is 0 Å². The van der Waals surface area contributed by atoms with Crippen molar-refractivity contribution in [2.45, 2.75) is 48.8 Å². The molecule has 0 aromatic carbocycles. The van der Waals surface area contributed by atoms with Gasteiger partial charge in [0.25, 0.3) is 5.91 Å². The molecule has 11 nitrogen and oxygen atoms in total. The van der Waals surface area contributed by atoms with Gasteiger partial charge in [0.2, 0.25) is 5.95 Å². The maximum Gasteiger partial charge on any atom is 0.420 e. The molecule has 1 saturated carbocycles. The summed E-state index contributed by atoms with van der Waals surface area (Å²) in [6, 6.07) is 4.91. The quantitative estimate of drug-likeness (QED) is 0.408. The minimum absolute atomic E-state index is 0.00880. The van der Waals surface area contributed by atoms with Crippen LogP contribution in [0.3, 0.4) is 0 Å². The molecule has 2 saturated heterocycles. The summed E-state index contributed by atoms with van der Waals surface area (Å²) in [5.41, 5.74) is -0.222. The van der Waals surface area contributed by atoms with E-state index in [0.29, 0.717) is 29.3 Å². The Morgan fingerprint density at radius 2 is 1.95 bits per heavy atom. The average molecular weight is 650 g/mol. The van der Waals surface area contributed by atoms with E-state index >= 15 is 0 Å². The number of nitrogens with zero attached hydrogens (tertiary/aromatic N) is 5. The molecule has 3 aliphatic heterocycles. The third-order valence-electron chi connectivity index (χ3n) is 8.29. The van der Waals surface area contributed by atoms with Gasteiger partial charge in [-0.2, -0.15) is 13.2 Å². The molecule has 1 unspecified atom stereocenters. The summed E-state index contributed by atoms with van der Waals surface area (Å²) >= 11 is 0.697. The number of pyridine rings is 1. The zero-order chi connectivity index (χ0) is 30.8. The molecule has 7 rings (SSSR count). The number of aromatic nitrogens is 3. The molecule has 234 valence electrons. The Balaban J connectivity index is 1.25. The normalized spacial score (nSPS) is 22.4. The molecule has 0 spiro atoms. The van der Waals surface area contributed by atoms with Gasteiger partial charge in [0.05, 0.1) is 51.9 Å². The van der Waals surface area contributed by atoms with Crippen LogP contribution in [-0.2, 0) is 20.8 Å². The van der Waals surface area contributed by atoms with E-state index in [4.69, 9.17) is 9.72 Å². The first kappa shape index (κ1) is 29.4. The summed E-state index contributed by atoms with van der Waals surface area (Å²) in [6.45, 7) is 5.14. The zero-order valence-electron chi connectivity index (χ0n) is 23.7. The highest BCUT2D eigenvalue weighted by Gasteiger charge is 2.41. The van der Waals surface area contributed by atoms with E-state index < -0.39 is 33.2 Å². The minimum Gasteiger partial charge on any atom is -0.377 e. The van der Waals surface area contributed by atoms with E-state index in [2.05, 4.69) is 32.4 Å². The molecule has 2 N–H and O–H groups in total. The molecule has 4 aliphatic rings. The van der Waals surface area contributed by atoms with E-state index in [1.54, 1.807) is 0 Å². The summed E-state index contributed by atoms with van der Waals surface area (Å²) in [5.74, 6) is 0.103. The summed E-state index contributed by atoms with van der Waals surface area (Å²) in [5, 5.41) is 6.48. The van der Waals surface area contributed by atoms with Gasteiger partial charge >= 0.3 is 6.18 Å². The monoisotopic (exact) mass is 649 g/mol. The number of carbonyl (C=O) groups is 1. The Hall–Kier alpha value is -3.34. The summed E-state index contributed by atoms with van der Waals surface area (Å²) in [6.07, 6.45) is -2.23. The average Bonchev–Trinajstić information content (AvgIpc) is 3.71. The number of sulfone groups is 1. The Kier molecular flexibility index (Phi) is 7.29. The van der Waals surface area contributed by atoms with E-state index in [1.807, 2.05) is 12.1 Å². The van der Waals surface area contributed by atoms with Crippen molar-refractivity contribution >= 4 is 44.5 Å². The van der Waals surface area contributed by atoms with E-state index in [1.165, 1.54) is 4.90 Å². The van der Waals surface area contributed by atoms with Gasteiger partial charge in [0.15, 0.2) is 9.84 Å². The van der Waals surface area contributed by atoms with Crippen LogP contribution in [0.4, 0.5) is 30.6 Å². The lowest BCUT2D eigenvalue weighted by molar-refractivity contribution is -0.137. The van der Waals surface area contributed by atoms with Gasteiger partial charge in [0, 0.05) is 44.3 Å². The van der Waals surface area contributed by atoms with Crippen molar-refractivity contribution in [1.29, 1.82) is 0 Å². The number of hydrogen-bond acceptors (Lipinski definition) is 11. The molecule has 3 aromatic heterocycles. The van der Waals surface area contributed by atoms with Gasteiger partial charge in [-0.15, -0.1) is 11.3 Å². The van der Waals surface area contributed by atoms with Gasteiger partial charge in [-0.3, -0.25) is 4.79 Å². The van der Waals surface area contributed by atoms with Crippen molar-refractivity contribution in [1.82, 2.24) is 25.2 Å². The lowest BCUT2D eigenvalue weighted by atomic mass is 10.2. The van der Waals surface area contributed by atoms with E-state index in [0.717, 1.165) is 50.1 Å². The summed E-state index contributed by atoms with van der Waals surface area (Å²) < 4.78 is 74.0. The molecule has 1 atom stereocenters. The Bertz CT molecular complexity index is 1720. The van der Waals surface area contributed by atoms with Crippen LogP contribution in [0.1, 0.15) is 46.6 Å². The van der Waals surface area contributed by atoms with Crippen molar-refractivity contribution in [2.75, 3.05) is 55.4 Å². The van der Waals surface area contributed by atoms with Crippen molar-refractivity contribution < 1.29 is 31.1 Å². The van der Waals surface area contributed by atoms with Crippen molar-refractivity contribution in [3.05, 3.63) is 40.5 Å². The van der Waals surface area contributed by atoms with Gasteiger partial charge in [-0.1, -0.05) is 0 Å². The fraction of sp³-hybridized carbons (Fsp3) is 0.500. The van der Waals surface area contributed by atoms with Crippen molar-refractivity contribution in [3.63, 3.8) is 0 Å². The SMILES string of the molecule is CC1CN(c2ccc(Nc3ncc(C(F)(F)F)c(-c4cc5c(s4)C(=O)N(C4COC4)CCS5(=O)=O)n3)c(C3CC3)n2)CCN1. The second-order valence-corrected chi connectivity index (χ2v) is 14.7. The molecule has 0 bridgehead atoms. The number of halogens is 3. The lowest BCUT2D eigenvalue weighted by Gasteiger charge is -2.36. The van der Waals surface area contributed by atoms with Crippen LogP contribution in [0, 0.1) is 0 Å². The third-order valence-corrected chi connectivity index (χ3v) is 11.3. The Morgan fingerprint density at radius 3 is 2.64 bits per heavy atom. The maximum atomic E-state index is 14.2. The molecule has 44 heavy (non-hydrogen) atoms. The largest absolute Gasteiger partial charge is 0.420 e. The van der Waals surface area contributed by atoms with E-state index in [9.17, 15) is 26.4 Å². The van der Waals surface area contributed by atoms with Crippen LogP contribution >= 0.6 is 11.3 Å². The number of rotatable bonds is 6. The molecular formula is C28H30F3N7O4S2. The van der Waals surface area contributed by atoms with Crippen LogP contribution in [0.5, 0.6) is 0 Å². The topological polar surface area (TPSA) is 130 Å². The van der Waals surface area contributed by atoms with Crippen LogP contribution in [-0.4, -0.2) is 91.4 Å². The molecule has 1 amide bonds. The third kappa shape index (κ3) is 5.52. The number of amides is 1. The fourth-order valence-corrected chi connectivity index (χ4v) is 8.61. The number of thiophene rings is 1. The maximum absolute atomic E-state index is 14.2. The lowest BCUT2D eigenvalue weighted by Crippen LogP contribution is -2.52. The summed E-state index contributed by atoms with van der Waals surface area (Å²) in [4.78, 5) is 29.7. The number of fused-ring (bicyclic) bond motifs is 1. The highest BCUT2D eigenvalue weighted by atomic mass is 32.2. The number of anilines is 3. The standard InChI is InChI=1S/C28H30F3N7O4S2/c1-15-12-37(7-6-32-15)22-5-4-19(23(35-22)16-2-3-16)34-27-33-11-18(28(29,30)31)24(36-27)20-10-21-25(43-20)26(39)38(17-13-42-14-17)8-9-44(21,40)41/h4-5,10-11,15-17,32H,2-3,6-9,12-14H2,1H3,(H,33,34,36). The smallest absolute Gasteiger partial charge is 0.377 e. The van der Waals surface area contributed by atoms with Gasteiger partial charge < -0.3 is 25.2 Å². The number of piperazine rings is 1. The predicted molar refractivity (Wildman–Crippen MR) is 157 cm³/mol. The fourth-order valence-electron chi connectivity index (χ4n) is 5.70. The second-order valence-electron chi connectivity index (χ2n) is 11.6. The van der Waals surface area contributed by atoms with Crippen LogP contribution in [0.25, 0.3) is 10.6 Å². The number of hydrogen-bond donors (Lipinski definition) is 2. The Morgan fingerprint density at radius 1 is 1.16 bits per heavy atom. The molecule has 3 fully saturated rings. The minimum atomic E-state index is -4.82. The molecule has 0 radical (unpaired) electrons. The highest BCUT2D eigenvalue weighted by Crippen LogP contribution is 2.45. The molecule has 1 aliphatic carbocycles. The van der Waals surface area contributed by atoms with Crippen molar-refractivity contribution in [3.8, 4) is 10.6 Å². The van der Waals surface area contributed by atoms with Crippen LogP contribution < -0.4 is 15.5 Å². The molecule has 16 heteroatoms. The number of alkyl halides is 3. The predicted octanol–water partition coefficient (Wildman–Crippen LogP) is 3.67. The second kappa shape index (κ2) is 10.9. The van der Waals surface area contributed by atoms with Gasteiger partial charge in [-0.05, 0) is 38.0 Å². The number of nitrogens with one attached hydrogen (secondary N) is 2. The molecular weight excluding hydrogens is 619 g/mol. The number of ether oxygens (including phenoxy) is 1. The molecule has 6 heterocycles. The van der Waals surface area contributed by atoms with Crippen LogP contribution in [0.2, 0.25) is 0 Å². The summed E-state index contributed by atoms with van der Waals surface area (Å²) in [7, 11) is -3.93. The van der Waals surface area contributed by atoms with Crippen LogP contribution in [0.15, 0.2) is 29.3 Å². The molecule has 3 aromatic rings. The first-order valence-corrected chi connectivity index (χ1v) is 16.9. The first-order chi connectivity index (χ1) is 21.0. The Labute approximate surface area is 255 Å².